The number of hydrogen-bond donors (Lipinski definition) is 1. The Morgan fingerprint density at radius 3 is 2.83 bits per heavy atom. The van der Waals surface area contributed by atoms with Crippen LogP contribution in [-0.2, 0) is 0 Å². The number of halogens is 1. The van der Waals surface area contributed by atoms with E-state index in [0.29, 0.717) is 23.5 Å². The van der Waals surface area contributed by atoms with Crippen molar-refractivity contribution >= 4 is 17.4 Å². The van der Waals surface area contributed by atoms with Crippen molar-refractivity contribution in [2.45, 2.75) is 20.3 Å². The van der Waals surface area contributed by atoms with Gasteiger partial charge < -0.3 is 10.5 Å². The van der Waals surface area contributed by atoms with Crippen LogP contribution in [0.25, 0.3) is 5.95 Å². The van der Waals surface area contributed by atoms with E-state index >= 15 is 0 Å². The first-order valence-electron chi connectivity index (χ1n) is 5.59. The lowest BCUT2D eigenvalue weighted by Crippen LogP contribution is -2.06. The summed E-state index contributed by atoms with van der Waals surface area (Å²) in [5.41, 5.74) is 6.37. The smallest absolute Gasteiger partial charge is 0.254 e. The third-order valence-corrected chi connectivity index (χ3v) is 2.46. The highest BCUT2D eigenvalue weighted by molar-refractivity contribution is 6.32. The molecule has 18 heavy (non-hydrogen) atoms. The van der Waals surface area contributed by atoms with Crippen LogP contribution in [0.1, 0.15) is 19.0 Å². The highest BCUT2D eigenvalue weighted by atomic mass is 35.5. The number of nitrogen functional groups attached to an aromatic ring is 1. The van der Waals surface area contributed by atoms with Gasteiger partial charge in [0.15, 0.2) is 5.82 Å². The van der Waals surface area contributed by atoms with Crippen LogP contribution >= 0.6 is 11.6 Å². The fourth-order valence-corrected chi connectivity index (χ4v) is 1.51. The zero-order valence-electron chi connectivity index (χ0n) is 10.2. The van der Waals surface area contributed by atoms with Crippen LogP contribution < -0.4 is 10.5 Å². The number of nitrogens with two attached hydrogens (primary N) is 1. The molecule has 0 saturated heterocycles. The number of anilines is 1. The second-order valence-corrected chi connectivity index (χ2v) is 4.21. The lowest BCUT2D eigenvalue weighted by Gasteiger charge is -2.06. The summed E-state index contributed by atoms with van der Waals surface area (Å²) in [5, 5.41) is 4.40. The second kappa shape index (κ2) is 5.22. The molecule has 96 valence electrons. The number of rotatable bonds is 4. The van der Waals surface area contributed by atoms with E-state index in [1.54, 1.807) is 12.3 Å². The van der Waals surface area contributed by atoms with Gasteiger partial charge in [-0.25, -0.2) is 9.67 Å². The summed E-state index contributed by atoms with van der Waals surface area (Å²) in [6.45, 7) is 4.50. The van der Waals surface area contributed by atoms with Crippen LogP contribution in [0, 0.1) is 6.92 Å². The van der Waals surface area contributed by atoms with Crippen molar-refractivity contribution in [1.29, 1.82) is 0 Å². The van der Waals surface area contributed by atoms with Gasteiger partial charge in [0.25, 0.3) is 5.95 Å². The predicted molar refractivity (Wildman–Crippen MR) is 69.1 cm³/mol. The van der Waals surface area contributed by atoms with Gasteiger partial charge in [0.1, 0.15) is 5.02 Å². The predicted octanol–water partition coefficient (Wildman–Crippen LogP) is 2.00. The van der Waals surface area contributed by atoms with Gasteiger partial charge in [-0.2, -0.15) is 4.98 Å². The Morgan fingerprint density at radius 1 is 1.44 bits per heavy atom. The molecule has 2 aromatic heterocycles. The minimum Gasteiger partial charge on any atom is -0.478 e. The summed E-state index contributed by atoms with van der Waals surface area (Å²) >= 11 is 5.85. The molecule has 0 spiro atoms. The van der Waals surface area contributed by atoms with Crippen molar-refractivity contribution in [3.63, 3.8) is 0 Å². The van der Waals surface area contributed by atoms with Gasteiger partial charge in [-0.3, -0.25) is 0 Å². The monoisotopic (exact) mass is 267 g/mol. The van der Waals surface area contributed by atoms with Crippen molar-refractivity contribution in [2.24, 2.45) is 0 Å². The van der Waals surface area contributed by atoms with Crippen molar-refractivity contribution in [3.05, 3.63) is 23.0 Å². The van der Waals surface area contributed by atoms with Gasteiger partial charge in [0, 0.05) is 11.8 Å². The molecule has 7 heteroatoms. The molecule has 0 bridgehead atoms. The lowest BCUT2D eigenvalue weighted by molar-refractivity contribution is 0.304. The number of aromatic nitrogens is 4. The molecule has 0 aliphatic carbocycles. The van der Waals surface area contributed by atoms with E-state index in [-0.39, 0.29) is 5.82 Å². The van der Waals surface area contributed by atoms with Gasteiger partial charge in [-0.15, -0.1) is 5.10 Å². The molecule has 0 unspecified atom stereocenters. The first-order chi connectivity index (χ1) is 8.60. The molecule has 6 nitrogen and oxygen atoms in total. The summed E-state index contributed by atoms with van der Waals surface area (Å²) in [6, 6.07) is 1.77. The maximum Gasteiger partial charge on any atom is 0.254 e. The molecular weight excluding hydrogens is 254 g/mol. The molecule has 0 saturated carbocycles. The van der Waals surface area contributed by atoms with E-state index in [0.717, 1.165) is 12.1 Å². The van der Waals surface area contributed by atoms with Crippen molar-refractivity contribution in [2.75, 3.05) is 12.3 Å². The number of hydrogen-bond acceptors (Lipinski definition) is 5. The third kappa shape index (κ3) is 2.70. The standard InChI is InChI=1S/C11H14ClN5O/c1-3-4-18-9-5-7(2)14-11(15-9)17-6-8(12)10(13)16-17/h5-6H,3-4H2,1-2H3,(H2,13,16). The van der Waals surface area contributed by atoms with Crippen LogP contribution in [-0.4, -0.2) is 26.4 Å². The fourth-order valence-electron chi connectivity index (χ4n) is 1.38. The van der Waals surface area contributed by atoms with Gasteiger partial charge in [-0.05, 0) is 13.3 Å². The van der Waals surface area contributed by atoms with E-state index in [9.17, 15) is 0 Å². The van der Waals surface area contributed by atoms with Crippen molar-refractivity contribution in [1.82, 2.24) is 19.7 Å². The normalized spacial score (nSPS) is 10.6. The van der Waals surface area contributed by atoms with E-state index in [1.807, 2.05) is 13.8 Å². The minimum atomic E-state index is 0.248. The fraction of sp³-hybridized carbons (Fsp3) is 0.364. The Balaban J connectivity index is 2.35. The Labute approximate surface area is 110 Å². The Kier molecular flexibility index (Phi) is 3.66. The summed E-state index contributed by atoms with van der Waals surface area (Å²) in [5.74, 6) is 1.15. The zero-order valence-corrected chi connectivity index (χ0v) is 11.0. The van der Waals surface area contributed by atoms with Crippen LogP contribution in [0.15, 0.2) is 12.3 Å². The van der Waals surface area contributed by atoms with E-state index in [2.05, 4.69) is 15.1 Å². The minimum absolute atomic E-state index is 0.248. The van der Waals surface area contributed by atoms with E-state index in [4.69, 9.17) is 22.1 Å². The molecule has 2 aromatic rings. The number of nitrogens with zero attached hydrogens (tertiary/aromatic N) is 4. The Hall–Kier alpha value is -1.82. The first kappa shape index (κ1) is 12.6. The highest BCUT2D eigenvalue weighted by Crippen LogP contribution is 2.18. The average molecular weight is 268 g/mol. The first-order valence-corrected chi connectivity index (χ1v) is 5.97. The average Bonchev–Trinajstić information content (AvgIpc) is 2.66. The molecule has 0 aliphatic rings. The molecule has 2 rings (SSSR count). The van der Waals surface area contributed by atoms with Gasteiger partial charge >= 0.3 is 0 Å². The Morgan fingerprint density at radius 2 is 2.22 bits per heavy atom. The molecule has 0 aromatic carbocycles. The molecular formula is C11H14ClN5O. The molecule has 0 atom stereocenters. The summed E-state index contributed by atoms with van der Waals surface area (Å²) in [6.07, 6.45) is 2.48. The summed E-state index contributed by atoms with van der Waals surface area (Å²) in [4.78, 5) is 8.51. The summed E-state index contributed by atoms with van der Waals surface area (Å²) in [7, 11) is 0. The number of aryl methyl sites for hydroxylation is 1. The quantitative estimate of drug-likeness (QED) is 0.916. The van der Waals surface area contributed by atoms with Gasteiger partial charge in [0.2, 0.25) is 5.88 Å². The van der Waals surface area contributed by atoms with Crippen molar-refractivity contribution < 1.29 is 4.74 Å². The van der Waals surface area contributed by atoms with Crippen LogP contribution in [0.2, 0.25) is 5.02 Å². The molecule has 0 fully saturated rings. The van der Waals surface area contributed by atoms with Crippen LogP contribution in [0.5, 0.6) is 5.88 Å². The summed E-state index contributed by atoms with van der Waals surface area (Å²) < 4.78 is 6.91. The highest BCUT2D eigenvalue weighted by Gasteiger charge is 2.09. The largest absolute Gasteiger partial charge is 0.478 e. The van der Waals surface area contributed by atoms with Crippen molar-refractivity contribution in [3.8, 4) is 11.8 Å². The lowest BCUT2D eigenvalue weighted by atomic mass is 10.4. The molecule has 0 amide bonds. The SMILES string of the molecule is CCCOc1cc(C)nc(-n2cc(Cl)c(N)n2)n1. The molecule has 2 N–H and O–H groups in total. The Bertz CT molecular complexity index is 535. The molecule has 0 radical (unpaired) electrons. The molecule has 0 aliphatic heterocycles. The van der Waals surface area contributed by atoms with Gasteiger partial charge in [-0.1, -0.05) is 18.5 Å². The maximum atomic E-state index is 5.85. The zero-order chi connectivity index (χ0) is 13.1. The maximum absolute atomic E-state index is 5.85. The van der Waals surface area contributed by atoms with E-state index < -0.39 is 0 Å². The van der Waals surface area contributed by atoms with E-state index in [1.165, 1.54) is 4.68 Å². The van der Waals surface area contributed by atoms with Crippen LogP contribution in [0.4, 0.5) is 5.82 Å². The third-order valence-electron chi connectivity index (χ3n) is 2.17. The second-order valence-electron chi connectivity index (χ2n) is 3.80. The van der Waals surface area contributed by atoms with Crippen LogP contribution in [0.3, 0.4) is 0 Å². The number of ether oxygens (including phenoxy) is 1. The molecule has 2 heterocycles. The van der Waals surface area contributed by atoms with Gasteiger partial charge in [0.05, 0.1) is 12.8 Å². The topological polar surface area (TPSA) is 78.9 Å².